The van der Waals surface area contributed by atoms with Crippen molar-refractivity contribution in [3.8, 4) is 0 Å². The van der Waals surface area contributed by atoms with Crippen LogP contribution in [0.25, 0.3) is 0 Å². The highest BCUT2D eigenvalue weighted by atomic mass is 127. The van der Waals surface area contributed by atoms with Crippen molar-refractivity contribution < 1.29 is 4.39 Å². The monoisotopic (exact) mass is 272 g/mol. The van der Waals surface area contributed by atoms with E-state index in [0.29, 0.717) is 6.42 Å². The number of rotatable bonds is 4. The average molecular weight is 272 g/mol. The fourth-order valence-corrected chi connectivity index (χ4v) is 1.21. The second-order valence-corrected chi connectivity index (χ2v) is 6.34. The van der Waals surface area contributed by atoms with Gasteiger partial charge in [0.2, 0.25) is 0 Å². The van der Waals surface area contributed by atoms with E-state index in [-0.39, 0.29) is 9.34 Å². The van der Waals surface area contributed by atoms with Crippen LogP contribution < -0.4 is 0 Å². The normalized spacial score (nSPS) is 19.9. The first kappa shape index (κ1) is 11.7. The molecule has 0 N–H and O–H groups in total. The number of halogens is 2. The minimum absolute atomic E-state index is 0.140. The Balaban J connectivity index is 3.83. The summed E-state index contributed by atoms with van der Waals surface area (Å²) in [6.07, 6.45) is 1.08. The molecule has 0 spiro atoms. The van der Waals surface area contributed by atoms with Gasteiger partial charge in [-0.25, -0.2) is 4.39 Å². The summed E-state index contributed by atoms with van der Waals surface area (Å²) in [5.41, 5.74) is 0. The zero-order valence-corrected chi connectivity index (χ0v) is 9.98. The molecule has 0 aromatic heterocycles. The summed E-state index contributed by atoms with van der Waals surface area (Å²) < 4.78 is 13.3. The first-order chi connectivity index (χ1) is 4.89. The van der Waals surface area contributed by atoms with E-state index in [2.05, 4.69) is 36.4 Å². The van der Waals surface area contributed by atoms with Crippen LogP contribution in [0.4, 0.5) is 4.39 Å². The van der Waals surface area contributed by atoms with Gasteiger partial charge in [-0.05, 0) is 18.8 Å². The van der Waals surface area contributed by atoms with E-state index >= 15 is 0 Å². The number of hydrogen-bond acceptors (Lipinski definition) is 0. The summed E-state index contributed by atoms with van der Waals surface area (Å²) in [6.45, 7) is 8.10. The van der Waals surface area contributed by atoms with Gasteiger partial charge in [0.1, 0.15) is 6.17 Å². The van der Waals surface area contributed by atoms with Crippen molar-refractivity contribution in [1.29, 1.82) is 0 Å². The van der Waals surface area contributed by atoms with Gasteiger partial charge in [0.25, 0.3) is 0 Å². The Hall–Kier alpha value is 0.660. The van der Waals surface area contributed by atoms with Crippen LogP contribution in [0.15, 0.2) is 0 Å². The van der Waals surface area contributed by atoms with Crippen molar-refractivity contribution in [2.75, 3.05) is 0 Å². The lowest BCUT2D eigenvalue weighted by Gasteiger charge is -2.24. The highest BCUT2D eigenvalue weighted by molar-refractivity contribution is 14.1. The van der Waals surface area contributed by atoms with Crippen molar-refractivity contribution in [1.82, 2.24) is 0 Å². The molecule has 0 saturated carbocycles. The third kappa shape index (κ3) is 4.99. The van der Waals surface area contributed by atoms with Gasteiger partial charge < -0.3 is 0 Å². The maximum atomic E-state index is 13.2. The van der Waals surface area contributed by atoms with E-state index in [1.807, 2.05) is 13.8 Å². The lowest BCUT2D eigenvalue weighted by Crippen LogP contribution is -2.23. The minimum Gasteiger partial charge on any atom is -0.247 e. The molecule has 68 valence electrons. The minimum atomic E-state index is -0.642. The van der Waals surface area contributed by atoms with E-state index in [9.17, 15) is 4.39 Å². The standard InChI is InChI=1S/C9H18FI/c1-5-9(4,11)6-8(10)7(2)3/h7-8H,5-6H2,1-4H3. The average Bonchev–Trinajstić information content (AvgIpc) is 1.87. The lowest BCUT2D eigenvalue weighted by molar-refractivity contribution is 0.224. The molecular weight excluding hydrogens is 254 g/mol. The molecule has 2 heteroatoms. The number of alkyl halides is 2. The van der Waals surface area contributed by atoms with Crippen molar-refractivity contribution >= 4 is 22.6 Å². The third-order valence-corrected chi connectivity index (χ3v) is 3.28. The maximum absolute atomic E-state index is 13.2. The van der Waals surface area contributed by atoms with Crippen LogP contribution in [-0.4, -0.2) is 9.59 Å². The summed E-state index contributed by atoms with van der Waals surface area (Å²) in [4.78, 5) is 0. The second-order valence-electron chi connectivity index (χ2n) is 3.73. The highest BCUT2D eigenvalue weighted by Crippen LogP contribution is 2.30. The van der Waals surface area contributed by atoms with Gasteiger partial charge in [0.05, 0.1) is 0 Å². The third-order valence-electron chi connectivity index (χ3n) is 2.08. The van der Waals surface area contributed by atoms with Gasteiger partial charge in [-0.2, -0.15) is 0 Å². The molecule has 0 amide bonds. The van der Waals surface area contributed by atoms with Crippen LogP contribution in [0.2, 0.25) is 0 Å². The predicted octanol–water partition coefficient (Wildman–Crippen LogP) is 3.97. The van der Waals surface area contributed by atoms with E-state index in [4.69, 9.17) is 0 Å². The quantitative estimate of drug-likeness (QED) is 0.536. The first-order valence-corrected chi connectivity index (χ1v) is 5.30. The molecule has 0 aliphatic heterocycles. The zero-order valence-electron chi connectivity index (χ0n) is 7.82. The molecule has 0 rings (SSSR count). The van der Waals surface area contributed by atoms with Gasteiger partial charge in [-0.3, -0.25) is 0 Å². The molecule has 0 nitrogen and oxygen atoms in total. The lowest BCUT2D eigenvalue weighted by atomic mass is 9.96. The van der Waals surface area contributed by atoms with Gasteiger partial charge in [-0.15, -0.1) is 0 Å². The largest absolute Gasteiger partial charge is 0.247 e. The van der Waals surface area contributed by atoms with Crippen molar-refractivity contribution in [2.24, 2.45) is 5.92 Å². The molecule has 0 heterocycles. The molecule has 2 atom stereocenters. The summed E-state index contributed by atoms with van der Waals surface area (Å²) in [5.74, 6) is 0.163. The molecule has 0 bridgehead atoms. The topological polar surface area (TPSA) is 0 Å². The molecular formula is C9H18FI. The first-order valence-electron chi connectivity index (χ1n) is 4.22. The Morgan fingerprint density at radius 3 is 2.18 bits per heavy atom. The van der Waals surface area contributed by atoms with Crippen LogP contribution >= 0.6 is 22.6 Å². The fourth-order valence-electron chi connectivity index (χ4n) is 0.787. The summed E-state index contributed by atoms with van der Waals surface area (Å²) in [6, 6.07) is 0. The van der Waals surface area contributed by atoms with Crippen LogP contribution in [0.1, 0.15) is 40.5 Å². The molecule has 0 saturated heterocycles. The van der Waals surface area contributed by atoms with Crippen LogP contribution in [0.3, 0.4) is 0 Å². The number of hydrogen-bond donors (Lipinski definition) is 0. The van der Waals surface area contributed by atoms with Gasteiger partial charge in [-0.1, -0.05) is 50.3 Å². The van der Waals surface area contributed by atoms with Gasteiger partial charge in [0.15, 0.2) is 0 Å². The van der Waals surface area contributed by atoms with Crippen molar-refractivity contribution in [2.45, 2.75) is 50.1 Å². The molecule has 0 aromatic rings. The van der Waals surface area contributed by atoms with Crippen LogP contribution in [0, 0.1) is 5.92 Å². The molecule has 0 fully saturated rings. The highest BCUT2D eigenvalue weighted by Gasteiger charge is 2.24. The Kier molecular flexibility index (Phi) is 4.91. The maximum Gasteiger partial charge on any atom is 0.104 e. The van der Waals surface area contributed by atoms with E-state index < -0.39 is 6.17 Å². The Morgan fingerprint density at radius 2 is 1.91 bits per heavy atom. The summed E-state index contributed by atoms with van der Waals surface area (Å²) >= 11 is 2.35. The Morgan fingerprint density at radius 1 is 1.45 bits per heavy atom. The zero-order chi connectivity index (χ0) is 9.07. The molecule has 0 aliphatic rings. The van der Waals surface area contributed by atoms with E-state index in [1.165, 1.54) is 0 Å². The molecule has 11 heavy (non-hydrogen) atoms. The predicted molar refractivity (Wildman–Crippen MR) is 57.1 cm³/mol. The molecule has 2 unspecified atom stereocenters. The second kappa shape index (κ2) is 4.63. The molecule has 0 aromatic carbocycles. The van der Waals surface area contributed by atoms with Gasteiger partial charge >= 0.3 is 0 Å². The molecule has 0 aliphatic carbocycles. The Bertz CT molecular complexity index is 110. The van der Waals surface area contributed by atoms with Crippen molar-refractivity contribution in [3.63, 3.8) is 0 Å². The van der Waals surface area contributed by atoms with Gasteiger partial charge in [0, 0.05) is 3.42 Å². The van der Waals surface area contributed by atoms with Crippen LogP contribution in [0.5, 0.6) is 0 Å². The summed E-state index contributed by atoms with van der Waals surface area (Å²) in [5, 5.41) is 0. The SMILES string of the molecule is CCC(C)(I)CC(F)C(C)C. The fraction of sp³-hybridized carbons (Fsp3) is 1.00. The van der Waals surface area contributed by atoms with E-state index in [0.717, 1.165) is 6.42 Å². The smallest absolute Gasteiger partial charge is 0.104 e. The summed E-state index contributed by atoms with van der Waals surface area (Å²) in [7, 11) is 0. The Labute approximate surface area is 83.1 Å². The van der Waals surface area contributed by atoms with Crippen LogP contribution in [-0.2, 0) is 0 Å². The van der Waals surface area contributed by atoms with E-state index in [1.54, 1.807) is 0 Å². The van der Waals surface area contributed by atoms with Crippen molar-refractivity contribution in [3.05, 3.63) is 0 Å². The molecule has 0 radical (unpaired) electrons.